The molecular weight excluding hydrogens is 215 g/mol. The van der Waals surface area contributed by atoms with Gasteiger partial charge in [0.1, 0.15) is 18.6 Å². The predicted molar refractivity (Wildman–Crippen MR) is 58.1 cm³/mol. The van der Waals surface area contributed by atoms with Crippen molar-refractivity contribution in [2.24, 2.45) is 0 Å². The normalized spacial score (nSPS) is 12.5. The monoisotopic (exact) mass is 235 g/mol. The second kappa shape index (κ2) is 6.37. The lowest BCUT2D eigenvalue weighted by atomic mass is 10.2. The highest BCUT2D eigenvalue weighted by Crippen LogP contribution is 2.35. The first kappa shape index (κ1) is 14.8. The Balaban J connectivity index is 4.83. The minimum atomic E-state index is -2.41. The van der Waals surface area contributed by atoms with Crippen LogP contribution in [0.25, 0.3) is 0 Å². The molecule has 0 aliphatic heterocycles. The van der Waals surface area contributed by atoms with Crippen molar-refractivity contribution in [3.05, 3.63) is 0 Å². The molecule has 0 unspecified atom stereocenters. The number of hydroxylamine groups is 3. The second-order valence-corrected chi connectivity index (χ2v) is 4.68. The van der Waals surface area contributed by atoms with Crippen molar-refractivity contribution in [2.45, 2.75) is 46.2 Å². The van der Waals surface area contributed by atoms with Gasteiger partial charge in [-0.3, -0.25) is 0 Å². The maximum Gasteiger partial charge on any atom is 0.386 e. The summed E-state index contributed by atoms with van der Waals surface area (Å²) in [5, 5.41) is 8.59. The summed E-state index contributed by atoms with van der Waals surface area (Å²) in [6.07, 6.45) is 0.333. The Morgan fingerprint density at radius 1 is 1.27 bits per heavy atom. The standard InChI is InChI=1S/C9H20N2O3P/c1-8(2)11(9(3)4,7-5-6-10)14-15(12)13/h8-9,12-13H,5,7H2,1-4H3/q+1. The van der Waals surface area contributed by atoms with Gasteiger partial charge < -0.3 is 9.79 Å². The van der Waals surface area contributed by atoms with Crippen molar-refractivity contribution in [3.63, 3.8) is 0 Å². The molecule has 0 aromatic carbocycles. The van der Waals surface area contributed by atoms with Crippen LogP contribution < -0.4 is 0 Å². The lowest BCUT2D eigenvalue weighted by Crippen LogP contribution is -2.56. The van der Waals surface area contributed by atoms with E-state index < -0.39 is 8.60 Å². The number of nitrogens with zero attached hydrogens (tertiary/aromatic N) is 2. The highest BCUT2D eigenvalue weighted by molar-refractivity contribution is 7.39. The quantitative estimate of drug-likeness (QED) is 0.417. The molecule has 0 radical (unpaired) electrons. The second-order valence-electron chi connectivity index (χ2n) is 4.01. The third-order valence-electron chi connectivity index (χ3n) is 2.55. The SMILES string of the molecule is CC(C)[N+](CCC#N)(OP(O)O)C(C)C. The van der Waals surface area contributed by atoms with Crippen molar-refractivity contribution >= 4 is 8.60 Å². The first-order valence-corrected chi connectivity index (χ1v) is 6.15. The van der Waals surface area contributed by atoms with E-state index in [1.165, 1.54) is 0 Å². The van der Waals surface area contributed by atoms with Gasteiger partial charge in [-0.05, 0) is 27.7 Å². The summed E-state index contributed by atoms with van der Waals surface area (Å²) in [5.74, 6) is 0. The van der Waals surface area contributed by atoms with Gasteiger partial charge in [-0.25, -0.2) is 0 Å². The van der Waals surface area contributed by atoms with Crippen LogP contribution in [0.3, 0.4) is 0 Å². The minimum Gasteiger partial charge on any atom is -0.324 e. The zero-order valence-corrected chi connectivity index (χ0v) is 10.6. The minimum absolute atomic E-state index is 0.0719. The lowest BCUT2D eigenvalue weighted by molar-refractivity contribution is -1.11. The topological polar surface area (TPSA) is 73.5 Å². The molecule has 88 valence electrons. The van der Waals surface area contributed by atoms with E-state index in [0.29, 0.717) is 13.0 Å². The van der Waals surface area contributed by atoms with E-state index in [1.807, 2.05) is 27.7 Å². The van der Waals surface area contributed by atoms with Crippen LogP contribution in [-0.4, -0.2) is 33.1 Å². The van der Waals surface area contributed by atoms with Crippen LogP contribution in [0.15, 0.2) is 0 Å². The number of hydrogen-bond acceptors (Lipinski definition) is 4. The van der Waals surface area contributed by atoms with Gasteiger partial charge in [0.05, 0.1) is 12.5 Å². The summed E-state index contributed by atoms with van der Waals surface area (Å²) in [7, 11) is -2.41. The Labute approximate surface area is 92.4 Å². The molecule has 0 spiro atoms. The fourth-order valence-corrected chi connectivity index (χ4v) is 2.43. The molecule has 0 amide bonds. The summed E-state index contributed by atoms with van der Waals surface area (Å²) < 4.78 is 5.33. The summed E-state index contributed by atoms with van der Waals surface area (Å²) in [6.45, 7) is 8.23. The zero-order chi connectivity index (χ0) is 12.1. The molecule has 0 aromatic rings. The van der Waals surface area contributed by atoms with Gasteiger partial charge in [0.2, 0.25) is 0 Å². The molecule has 0 aliphatic rings. The molecule has 15 heavy (non-hydrogen) atoms. The van der Waals surface area contributed by atoms with Crippen LogP contribution in [-0.2, 0) is 4.62 Å². The van der Waals surface area contributed by atoms with Gasteiger partial charge in [0.25, 0.3) is 0 Å². The van der Waals surface area contributed by atoms with Crippen molar-refractivity contribution in [3.8, 4) is 6.07 Å². The van der Waals surface area contributed by atoms with Gasteiger partial charge in [-0.15, -0.1) is 4.62 Å². The Morgan fingerprint density at radius 3 is 2.00 bits per heavy atom. The van der Waals surface area contributed by atoms with Gasteiger partial charge in [-0.1, -0.05) is 0 Å². The molecule has 0 heterocycles. The van der Waals surface area contributed by atoms with E-state index in [0.717, 1.165) is 0 Å². The Hall–Kier alpha value is -0.240. The molecule has 0 fully saturated rings. The van der Waals surface area contributed by atoms with E-state index >= 15 is 0 Å². The van der Waals surface area contributed by atoms with Crippen LogP contribution >= 0.6 is 8.60 Å². The zero-order valence-electron chi connectivity index (χ0n) is 9.71. The van der Waals surface area contributed by atoms with Gasteiger partial charge in [-0.2, -0.15) is 9.91 Å². The number of quaternary nitrogens is 1. The van der Waals surface area contributed by atoms with Gasteiger partial charge >= 0.3 is 8.60 Å². The molecular formula is C9H20N2O3P+. The molecule has 2 N–H and O–H groups in total. The highest BCUT2D eigenvalue weighted by atomic mass is 31.2. The summed E-state index contributed by atoms with van der Waals surface area (Å²) in [5.41, 5.74) is 0. The summed E-state index contributed by atoms with van der Waals surface area (Å²) in [4.78, 5) is 18.0. The average Bonchev–Trinajstić information content (AvgIpc) is 2.10. The Kier molecular flexibility index (Phi) is 6.26. The average molecular weight is 235 g/mol. The molecule has 0 aromatic heterocycles. The number of rotatable bonds is 6. The van der Waals surface area contributed by atoms with E-state index in [4.69, 9.17) is 19.7 Å². The van der Waals surface area contributed by atoms with Crippen LogP contribution in [0.2, 0.25) is 0 Å². The molecule has 6 heteroatoms. The highest BCUT2D eigenvalue weighted by Gasteiger charge is 2.39. The van der Waals surface area contributed by atoms with Crippen molar-refractivity contribution in [1.29, 1.82) is 5.26 Å². The molecule has 0 saturated carbocycles. The molecule has 0 atom stereocenters. The first-order chi connectivity index (χ1) is 6.86. The molecule has 0 aliphatic carbocycles. The Bertz CT molecular complexity index is 218. The van der Waals surface area contributed by atoms with Crippen molar-refractivity contribution in [2.75, 3.05) is 6.54 Å². The molecule has 0 rings (SSSR count). The van der Waals surface area contributed by atoms with Crippen LogP contribution in [0.5, 0.6) is 0 Å². The maximum atomic E-state index is 8.98. The van der Waals surface area contributed by atoms with Crippen molar-refractivity contribution in [1.82, 2.24) is 0 Å². The van der Waals surface area contributed by atoms with Crippen LogP contribution in [0.4, 0.5) is 0 Å². The number of hydrogen-bond donors (Lipinski definition) is 2. The Morgan fingerprint density at radius 2 is 1.73 bits per heavy atom. The maximum absolute atomic E-state index is 8.98. The third kappa shape index (κ3) is 4.02. The van der Waals surface area contributed by atoms with Crippen molar-refractivity contribution < 1.29 is 19.1 Å². The predicted octanol–water partition coefficient (Wildman–Crippen LogP) is 1.68. The third-order valence-corrected chi connectivity index (χ3v) is 3.00. The fraction of sp³-hybridized carbons (Fsp3) is 0.889. The van der Waals surface area contributed by atoms with E-state index in [9.17, 15) is 0 Å². The summed E-state index contributed by atoms with van der Waals surface area (Å²) >= 11 is 0. The first-order valence-electron chi connectivity index (χ1n) is 4.98. The fourth-order valence-electron chi connectivity index (χ4n) is 1.70. The molecule has 5 nitrogen and oxygen atoms in total. The van der Waals surface area contributed by atoms with Gasteiger partial charge in [0, 0.05) is 0 Å². The van der Waals surface area contributed by atoms with E-state index in [-0.39, 0.29) is 16.7 Å². The lowest BCUT2D eigenvalue weighted by Gasteiger charge is -2.41. The van der Waals surface area contributed by atoms with Crippen LogP contribution in [0.1, 0.15) is 34.1 Å². The van der Waals surface area contributed by atoms with Gasteiger partial charge in [0.15, 0.2) is 0 Å². The smallest absolute Gasteiger partial charge is 0.324 e. The van der Waals surface area contributed by atoms with Crippen LogP contribution in [0, 0.1) is 11.3 Å². The molecule has 0 bridgehead atoms. The molecule has 0 saturated heterocycles. The summed E-state index contributed by atoms with van der Waals surface area (Å²) in [6, 6.07) is 2.20. The van der Waals surface area contributed by atoms with E-state index in [1.54, 1.807) is 0 Å². The largest absolute Gasteiger partial charge is 0.386 e. The van der Waals surface area contributed by atoms with E-state index in [2.05, 4.69) is 6.07 Å². The number of nitriles is 1.